The number of rotatable bonds is 7. The van der Waals surface area contributed by atoms with Crippen molar-refractivity contribution >= 4 is 20.2 Å². The van der Waals surface area contributed by atoms with Gasteiger partial charge in [0, 0.05) is 26.2 Å². The largest absolute Gasteiger partial charge is 0.279 e. The molecule has 7 nitrogen and oxygen atoms in total. The topological polar surface area (TPSA) is 95.6 Å². The van der Waals surface area contributed by atoms with Crippen LogP contribution in [-0.4, -0.2) is 47.3 Å². The Balaban J connectivity index is 1.82. The molecule has 0 aliphatic carbocycles. The van der Waals surface area contributed by atoms with Gasteiger partial charge in [0.2, 0.25) is 10.0 Å². The van der Waals surface area contributed by atoms with E-state index in [-0.39, 0.29) is 18.0 Å². The van der Waals surface area contributed by atoms with Crippen molar-refractivity contribution in [2.75, 3.05) is 26.2 Å². The molecule has 136 valence electrons. The van der Waals surface area contributed by atoms with E-state index in [2.05, 4.69) is 16.4 Å². The molecular formula is C15H25N3O4S2. The fraction of sp³-hybridized carbons (Fsp3) is 0.600. The highest BCUT2D eigenvalue weighted by atomic mass is 32.2. The van der Waals surface area contributed by atoms with Crippen LogP contribution in [0.2, 0.25) is 0 Å². The summed E-state index contributed by atoms with van der Waals surface area (Å²) in [6.45, 7) is 5.01. The van der Waals surface area contributed by atoms with Crippen molar-refractivity contribution < 1.29 is 16.8 Å². The van der Waals surface area contributed by atoms with E-state index in [1.54, 1.807) is 12.1 Å². The quantitative estimate of drug-likeness (QED) is 0.690. The van der Waals surface area contributed by atoms with Crippen LogP contribution in [0.4, 0.5) is 0 Å². The van der Waals surface area contributed by atoms with Gasteiger partial charge in [-0.05, 0) is 37.8 Å². The zero-order valence-electron chi connectivity index (χ0n) is 14.0. The Kier molecular flexibility index (Phi) is 6.38. The second-order valence-corrected chi connectivity index (χ2v) is 9.71. The Morgan fingerprint density at radius 3 is 2.12 bits per heavy atom. The molecule has 1 saturated heterocycles. The fourth-order valence-electron chi connectivity index (χ4n) is 2.48. The summed E-state index contributed by atoms with van der Waals surface area (Å²) in [5.41, 5.74) is 0.970. The van der Waals surface area contributed by atoms with E-state index in [9.17, 15) is 16.8 Å². The molecular weight excluding hydrogens is 350 g/mol. The summed E-state index contributed by atoms with van der Waals surface area (Å²) in [6, 6.07) is 6.48. The molecule has 2 N–H and O–H groups in total. The lowest BCUT2D eigenvalue weighted by Gasteiger charge is -2.29. The van der Waals surface area contributed by atoms with Crippen molar-refractivity contribution in [3.8, 4) is 0 Å². The predicted octanol–water partition coefficient (Wildman–Crippen LogP) is 0.840. The zero-order chi connectivity index (χ0) is 17.8. The normalized spacial score (nSPS) is 17.9. The van der Waals surface area contributed by atoms with Crippen LogP contribution >= 0.6 is 0 Å². The van der Waals surface area contributed by atoms with Crippen LogP contribution in [0.1, 0.15) is 25.3 Å². The molecule has 2 rings (SSSR count). The first-order valence-electron chi connectivity index (χ1n) is 8.02. The van der Waals surface area contributed by atoms with Gasteiger partial charge in [-0.3, -0.25) is 0 Å². The molecule has 0 spiro atoms. The molecule has 0 bridgehead atoms. The van der Waals surface area contributed by atoms with Gasteiger partial charge in [-0.15, -0.1) is 0 Å². The van der Waals surface area contributed by atoms with Crippen LogP contribution in [0, 0.1) is 12.8 Å². The molecule has 0 radical (unpaired) electrons. The van der Waals surface area contributed by atoms with Crippen LogP contribution in [-0.2, 0) is 20.2 Å². The third kappa shape index (κ3) is 5.25. The number of nitrogens with zero attached hydrogens (tertiary/aromatic N) is 1. The average Bonchev–Trinajstić information content (AvgIpc) is 2.52. The van der Waals surface area contributed by atoms with Crippen molar-refractivity contribution in [2.45, 2.75) is 31.6 Å². The van der Waals surface area contributed by atoms with Gasteiger partial charge >= 0.3 is 0 Å². The van der Waals surface area contributed by atoms with Gasteiger partial charge in [0.1, 0.15) is 0 Å². The maximum Gasteiger partial charge on any atom is 0.279 e. The highest BCUT2D eigenvalue weighted by Crippen LogP contribution is 2.17. The Bertz CT molecular complexity index is 737. The number of nitrogens with one attached hydrogen (secondary N) is 2. The van der Waals surface area contributed by atoms with Gasteiger partial charge in [-0.1, -0.05) is 24.6 Å². The van der Waals surface area contributed by atoms with Crippen molar-refractivity contribution in [1.29, 1.82) is 0 Å². The fourth-order valence-corrected chi connectivity index (χ4v) is 4.75. The second kappa shape index (κ2) is 7.92. The number of piperidine rings is 1. The van der Waals surface area contributed by atoms with Crippen LogP contribution in [0.3, 0.4) is 0 Å². The van der Waals surface area contributed by atoms with Crippen molar-refractivity contribution in [3.05, 3.63) is 29.8 Å². The first-order chi connectivity index (χ1) is 11.2. The Hall–Kier alpha value is -1.00. The van der Waals surface area contributed by atoms with Gasteiger partial charge < -0.3 is 0 Å². The molecule has 0 saturated carbocycles. The van der Waals surface area contributed by atoms with Crippen molar-refractivity contribution in [3.63, 3.8) is 0 Å². The second-order valence-electron chi connectivity index (χ2n) is 6.19. The Morgan fingerprint density at radius 2 is 1.54 bits per heavy atom. The molecule has 9 heteroatoms. The standard InChI is InChI=1S/C15H25N3O4S2/c1-13-3-5-15(6-4-13)23(19,20)16-9-10-17-24(21,22)18-11-7-14(2)8-12-18/h3-6,14,16-17H,7-12H2,1-2H3. The highest BCUT2D eigenvalue weighted by molar-refractivity contribution is 7.89. The third-order valence-corrected chi connectivity index (χ3v) is 7.21. The van der Waals surface area contributed by atoms with E-state index in [0.29, 0.717) is 19.0 Å². The van der Waals surface area contributed by atoms with Gasteiger partial charge in [-0.25, -0.2) is 17.9 Å². The van der Waals surface area contributed by atoms with Gasteiger partial charge in [0.25, 0.3) is 10.2 Å². The summed E-state index contributed by atoms with van der Waals surface area (Å²) in [6.07, 6.45) is 1.70. The lowest BCUT2D eigenvalue weighted by atomic mass is 10.0. The maximum absolute atomic E-state index is 12.2. The molecule has 1 aromatic carbocycles. The summed E-state index contributed by atoms with van der Waals surface area (Å²) in [5, 5.41) is 0. The average molecular weight is 376 g/mol. The van der Waals surface area contributed by atoms with E-state index >= 15 is 0 Å². The molecule has 0 unspecified atom stereocenters. The summed E-state index contributed by atoms with van der Waals surface area (Å²) in [5.74, 6) is 0.540. The minimum atomic E-state index is -3.63. The van der Waals surface area contributed by atoms with Crippen LogP contribution < -0.4 is 9.44 Å². The van der Waals surface area contributed by atoms with Gasteiger partial charge in [0.15, 0.2) is 0 Å². The van der Waals surface area contributed by atoms with E-state index < -0.39 is 20.2 Å². The zero-order valence-corrected chi connectivity index (χ0v) is 15.7. The number of hydrogen-bond acceptors (Lipinski definition) is 4. The van der Waals surface area contributed by atoms with E-state index in [1.807, 2.05) is 6.92 Å². The van der Waals surface area contributed by atoms with Crippen LogP contribution in [0.5, 0.6) is 0 Å². The van der Waals surface area contributed by atoms with Crippen molar-refractivity contribution in [1.82, 2.24) is 13.7 Å². The molecule has 1 fully saturated rings. The number of aryl methyl sites for hydroxylation is 1. The molecule has 1 aliphatic heterocycles. The monoisotopic (exact) mass is 375 g/mol. The minimum absolute atomic E-state index is 0.000315. The SMILES string of the molecule is Cc1ccc(S(=O)(=O)NCCNS(=O)(=O)N2CCC(C)CC2)cc1. The first-order valence-corrected chi connectivity index (χ1v) is 10.9. The lowest BCUT2D eigenvalue weighted by molar-refractivity contribution is 0.285. The summed E-state index contributed by atoms with van der Waals surface area (Å²) < 4.78 is 54.8. The number of benzene rings is 1. The number of sulfonamides is 1. The minimum Gasteiger partial charge on any atom is -0.210 e. The molecule has 1 aromatic rings. The lowest BCUT2D eigenvalue weighted by Crippen LogP contribution is -2.46. The highest BCUT2D eigenvalue weighted by Gasteiger charge is 2.25. The predicted molar refractivity (Wildman–Crippen MR) is 93.3 cm³/mol. The molecule has 1 heterocycles. The van der Waals surface area contributed by atoms with Gasteiger partial charge in [-0.2, -0.15) is 12.7 Å². The number of hydrogen-bond donors (Lipinski definition) is 2. The van der Waals surface area contributed by atoms with E-state index in [1.165, 1.54) is 16.4 Å². The summed E-state index contributed by atoms with van der Waals surface area (Å²) >= 11 is 0. The Labute approximate surface area is 144 Å². The van der Waals surface area contributed by atoms with E-state index in [4.69, 9.17) is 0 Å². The van der Waals surface area contributed by atoms with Crippen LogP contribution in [0.15, 0.2) is 29.2 Å². The first kappa shape index (κ1) is 19.3. The Morgan fingerprint density at radius 1 is 1.00 bits per heavy atom. The third-order valence-electron chi connectivity index (χ3n) is 4.12. The molecule has 0 atom stereocenters. The smallest absolute Gasteiger partial charge is 0.210 e. The maximum atomic E-state index is 12.2. The summed E-state index contributed by atoms with van der Waals surface area (Å²) in [4.78, 5) is 0.168. The molecule has 0 amide bonds. The van der Waals surface area contributed by atoms with E-state index in [0.717, 1.165) is 18.4 Å². The molecule has 24 heavy (non-hydrogen) atoms. The summed E-state index contributed by atoms with van der Waals surface area (Å²) in [7, 11) is -7.17. The van der Waals surface area contributed by atoms with Crippen molar-refractivity contribution in [2.24, 2.45) is 5.92 Å². The molecule has 0 aromatic heterocycles. The van der Waals surface area contributed by atoms with Gasteiger partial charge in [0.05, 0.1) is 4.90 Å². The van der Waals surface area contributed by atoms with Crippen LogP contribution in [0.25, 0.3) is 0 Å². The molecule has 1 aliphatic rings.